The molecule has 0 saturated heterocycles. The van der Waals surface area contributed by atoms with Crippen LogP contribution in [0.15, 0.2) is 0 Å². The molecule has 3 nitrogen and oxygen atoms in total. The Morgan fingerprint density at radius 2 is 1.87 bits per heavy atom. The number of esters is 1. The molecule has 23 heavy (non-hydrogen) atoms. The van der Waals surface area contributed by atoms with E-state index in [0.29, 0.717) is 17.1 Å². The van der Waals surface area contributed by atoms with Gasteiger partial charge in [0.1, 0.15) is 11.9 Å². The van der Waals surface area contributed by atoms with Gasteiger partial charge in [0.2, 0.25) is 0 Å². The minimum Gasteiger partial charge on any atom is -0.463 e. The number of rotatable bonds is 1. The van der Waals surface area contributed by atoms with Crippen LogP contribution in [0.4, 0.5) is 0 Å². The Morgan fingerprint density at radius 1 is 1.09 bits per heavy atom. The molecule has 0 heterocycles. The minimum atomic E-state index is -0.125. The van der Waals surface area contributed by atoms with Crippen molar-refractivity contribution in [1.29, 1.82) is 0 Å². The molecule has 0 bridgehead atoms. The third-order valence-electron chi connectivity index (χ3n) is 7.74. The van der Waals surface area contributed by atoms with Gasteiger partial charge in [-0.1, -0.05) is 6.92 Å². The van der Waals surface area contributed by atoms with Gasteiger partial charge in [0, 0.05) is 19.8 Å². The van der Waals surface area contributed by atoms with Gasteiger partial charge in [-0.05, 0) is 80.0 Å². The second kappa shape index (κ2) is 5.60. The zero-order valence-electron chi connectivity index (χ0n) is 14.6. The van der Waals surface area contributed by atoms with E-state index in [1.807, 2.05) is 0 Å². The Labute approximate surface area is 139 Å². The van der Waals surface area contributed by atoms with Crippen LogP contribution in [0.5, 0.6) is 0 Å². The largest absolute Gasteiger partial charge is 0.463 e. The molecular weight excluding hydrogens is 288 g/mol. The topological polar surface area (TPSA) is 43.4 Å². The van der Waals surface area contributed by atoms with E-state index in [1.54, 1.807) is 0 Å². The number of ether oxygens (including phenoxy) is 1. The van der Waals surface area contributed by atoms with E-state index < -0.39 is 0 Å². The van der Waals surface area contributed by atoms with E-state index in [2.05, 4.69) is 6.92 Å². The van der Waals surface area contributed by atoms with Crippen LogP contribution < -0.4 is 0 Å². The van der Waals surface area contributed by atoms with Crippen molar-refractivity contribution >= 4 is 11.8 Å². The predicted molar refractivity (Wildman–Crippen MR) is 87.7 cm³/mol. The van der Waals surface area contributed by atoms with Crippen LogP contribution in [0.1, 0.15) is 71.6 Å². The molecule has 4 aliphatic rings. The third-order valence-corrected chi connectivity index (χ3v) is 7.74. The summed E-state index contributed by atoms with van der Waals surface area (Å²) in [6.45, 7) is 3.91. The third kappa shape index (κ3) is 2.74. The molecule has 4 fully saturated rings. The number of carbonyl (C=O) groups excluding carboxylic acids is 2. The first-order chi connectivity index (χ1) is 10.9. The van der Waals surface area contributed by atoms with Gasteiger partial charge in [0.25, 0.3) is 0 Å². The fourth-order valence-electron chi connectivity index (χ4n) is 6.82. The van der Waals surface area contributed by atoms with E-state index in [0.717, 1.165) is 49.4 Å². The highest BCUT2D eigenvalue weighted by atomic mass is 16.5. The molecule has 3 heteroatoms. The Hall–Kier alpha value is -0.860. The van der Waals surface area contributed by atoms with Crippen LogP contribution in [-0.4, -0.2) is 17.9 Å². The number of fused-ring (bicyclic) bond motifs is 4. The molecule has 7 atom stereocenters. The lowest BCUT2D eigenvalue weighted by Gasteiger charge is -2.54. The average Bonchev–Trinajstić information content (AvgIpc) is 2.76. The first-order valence-corrected chi connectivity index (χ1v) is 9.63. The minimum absolute atomic E-state index is 0.125. The van der Waals surface area contributed by atoms with Crippen LogP contribution >= 0.6 is 0 Å². The molecular formula is C20H30O3. The standard InChI is InChI=1S/C20H30O3/c1-12(21)23-17-5-6-18-13(7-17)3-4-14-10-20(2)11-16(22)8-15(20)9-19(14)18/h13-15,17-19H,3-11H2,1-2H3/t13-,14-,15+,17+,18-,19-,20-/m0/s1. The summed E-state index contributed by atoms with van der Waals surface area (Å²) in [7, 11) is 0. The second-order valence-corrected chi connectivity index (χ2v) is 9.18. The normalized spacial score (nSPS) is 49.0. The van der Waals surface area contributed by atoms with Crippen molar-refractivity contribution in [2.24, 2.45) is 35.0 Å². The zero-order chi connectivity index (χ0) is 16.2. The molecule has 0 N–H and O–H groups in total. The Balaban J connectivity index is 1.46. The van der Waals surface area contributed by atoms with E-state index in [1.165, 1.54) is 39.0 Å². The van der Waals surface area contributed by atoms with Gasteiger partial charge in [0.15, 0.2) is 0 Å². The van der Waals surface area contributed by atoms with Crippen LogP contribution in [-0.2, 0) is 14.3 Å². The van der Waals surface area contributed by atoms with Crippen molar-refractivity contribution in [3.63, 3.8) is 0 Å². The summed E-state index contributed by atoms with van der Waals surface area (Å²) in [6, 6.07) is 0. The molecule has 4 rings (SSSR count). The highest BCUT2D eigenvalue weighted by Crippen LogP contribution is 2.60. The predicted octanol–water partition coefficient (Wildman–Crippen LogP) is 4.14. The van der Waals surface area contributed by atoms with Crippen molar-refractivity contribution in [3.8, 4) is 0 Å². The molecule has 128 valence electrons. The van der Waals surface area contributed by atoms with Crippen molar-refractivity contribution in [3.05, 3.63) is 0 Å². The van der Waals surface area contributed by atoms with Crippen LogP contribution in [0.2, 0.25) is 0 Å². The van der Waals surface area contributed by atoms with Gasteiger partial charge >= 0.3 is 5.97 Å². The lowest BCUT2D eigenvalue weighted by atomic mass is 9.51. The first-order valence-electron chi connectivity index (χ1n) is 9.63. The average molecular weight is 318 g/mol. The van der Waals surface area contributed by atoms with E-state index in [9.17, 15) is 9.59 Å². The summed E-state index contributed by atoms with van der Waals surface area (Å²) >= 11 is 0. The van der Waals surface area contributed by atoms with Gasteiger partial charge in [0.05, 0.1) is 0 Å². The van der Waals surface area contributed by atoms with Crippen molar-refractivity contribution in [2.45, 2.75) is 77.7 Å². The lowest BCUT2D eigenvalue weighted by Crippen LogP contribution is -2.46. The molecule has 0 spiro atoms. The molecule has 0 aromatic rings. The fraction of sp³-hybridized carbons (Fsp3) is 0.900. The molecule has 0 aromatic carbocycles. The van der Waals surface area contributed by atoms with Gasteiger partial charge < -0.3 is 4.74 Å². The van der Waals surface area contributed by atoms with Crippen molar-refractivity contribution in [2.75, 3.05) is 0 Å². The maximum absolute atomic E-state index is 12.0. The van der Waals surface area contributed by atoms with E-state index in [-0.39, 0.29) is 12.1 Å². The Kier molecular flexibility index (Phi) is 3.81. The number of ketones is 1. The van der Waals surface area contributed by atoms with Gasteiger partial charge in [-0.3, -0.25) is 9.59 Å². The first kappa shape index (κ1) is 15.7. The number of carbonyl (C=O) groups is 2. The summed E-state index contributed by atoms with van der Waals surface area (Å²) in [4.78, 5) is 23.2. The van der Waals surface area contributed by atoms with Crippen molar-refractivity contribution in [1.82, 2.24) is 0 Å². The molecule has 0 unspecified atom stereocenters. The molecule has 4 aliphatic carbocycles. The SMILES string of the molecule is CC(=O)O[C@@H]1CC[C@H]2[C@@H](CC[C@H]3C[C@@]4(C)CC(=O)C[C@@H]4C[C@@H]32)C1. The summed E-state index contributed by atoms with van der Waals surface area (Å²) in [6.07, 6.45) is 10.4. The highest BCUT2D eigenvalue weighted by Gasteiger charge is 2.54. The second-order valence-electron chi connectivity index (χ2n) is 9.18. The van der Waals surface area contributed by atoms with Crippen LogP contribution in [0, 0.1) is 35.0 Å². The monoisotopic (exact) mass is 318 g/mol. The van der Waals surface area contributed by atoms with Crippen molar-refractivity contribution < 1.29 is 14.3 Å². The number of hydrogen-bond acceptors (Lipinski definition) is 3. The van der Waals surface area contributed by atoms with Gasteiger partial charge in [-0.15, -0.1) is 0 Å². The van der Waals surface area contributed by atoms with Gasteiger partial charge in [-0.25, -0.2) is 0 Å². The smallest absolute Gasteiger partial charge is 0.302 e. The molecule has 0 aromatic heterocycles. The molecule has 0 amide bonds. The Bertz CT molecular complexity index is 513. The number of Topliss-reactive ketones (excluding diaryl/α,β-unsaturated/α-hetero) is 1. The summed E-state index contributed by atoms with van der Waals surface area (Å²) in [5.74, 6) is 4.26. The highest BCUT2D eigenvalue weighted by molar-refractivity contribution is 5.82. The summed E-state index contributed by atoms with van der Waals surface area (Å²) < 4.78 is 5.49. The number of hydrogen-bond donors (Lipinski definition) is 0. The quantitative estimate of drug-likeness (QED) is 0.682. The maximum atomic E-state index is 12.0. The molecule has 4 saturated carbocycles. The molecule has 0 aliphatic heterocycles. The van der Waals surface area contributed by atoms with Crippen LogP contribution in [0.25, 0.3) is 0 Å². The zero-order valence-corrected chi connectivity index (χ0v) is 14.6. The van der Waals surface area contributed by atoms with E-state index >= 15 is 0 Å². The van der Waals surface area contributed by atoms with Crippen LogP contribution in [0.3, 0.4) is 0 Å². The summed E-state index contributed by atoms with van der Waals surface area (Å²) in [5, 5.41) is 0. The molecule has 0 radical (unpaired) electrons. The van der Waals surface area contributed by atoms with E-state index in [4.69, 9.17) is 4.74 Å². The fourth-order valence-corrected chi connectivity index (χ4v) is 6.82. The maximum Gasteiger partial charge on any atom is 0.302 e. The summed E-state index contributed by atoms with van der Waals surface area (Å²) in [5.41, 5.74) is 0.306. The van der Waals surface area contributed by atoms with Gasteiger partial charge in [-0.2, -0.15) is 0 Å². The Morgan fingerprint density at radius 3 is 2.65 bits per heavy atom. The lowest BCUT2D eigenvalue weighted by molar-refractivity contribution is -0.151.